The van der Waals surface area contributed by atoms with Crippen LogP contribution >= 0.6 is 0 Å². The molecule has 3 heterocycles. The summed E-state index contributed by atoms with van der Waals surface area (Å²) in [4.78, 5) is 30.3. The fourth-order valence-electron chi connectivity index (χ4n) is 4.37. The molecular weight excluding hydrogens is 404 g/mol. The fourth-order valence-corrected chi connectivity index (χ4v) is 4.37. The number of esters is 1. The molecule has 6 heteroatoms. The molecule has 0 radical (unpaired) electrons. The van der Waals surface area contributed by atoms with Gasteiger partial charge in [-0.1, -0.05) is 24.3 Å². The number of aryl methyl sites for hydroxylation is 2. The van der Waals surface area contributed by atoms with Crippen LogP contribution in [0.3, 0.4) is 0 Å². The van der Waals surface area contributed by atoms with Gasteiger partial charge in [0.25, 0.3) is 5.56 Å². The van der Waals surface area contributed by atoms with Crippen LogP contribution < -0.4 is 10.3 Å². The van der Waals surface area contributed by atoms with Gasteiger partial charge in [0.05, 0.1) is 17.5 Å². The summed E-state index contributed by atoms with van der Waals surface area (Å²) in [6.07, 6.45) is 2.51. The van der Waals surface area contributed by atoms with Crippen LogP contribution in [-0.4, -0.2) is 20.6 Å². The minimum Gasteiger partial charge on any atom is -0.508 e. The van der Waals surface area contributed by atoms with Crippen molar-refractivity contribution in [2.24, 2.45) is 0 Å². The van der Waals surface area contributed by atoms with Crippen LogP contribution in [0.5, 0.6) is 11.5 Å². The van der Waals surface area contributed by atoms with Gasteiger partial charge >= 0.3 is 5.97 Å². The fraction of sp³-hybridized carbons (Fsp3) is 0.192. The zero-order chi connectivity index (χ0) is 22.2. The normalized spacial score (nSPS) is 15.4. The number of ether oxygens (including phenoxy) is 1. The predicted molar refractivity (Wildman–Crippen MR) is 121 cm³/mol. The quantitative estimate of drug-likeness (QED) is 0.497. The van der Waals surface area contributed by atoms with Gasteiger partial charge in [0, 0.05) is 35.8 Å². The van der Waals surface area contributed by atoms with E-state index in [9.17, 15) is 14.7 Å². The molecule has 5 rings (SSSR count). The van der Waals surface area contributed by atoms with Gasteiger partial charge in [-0.25, -0.2) is 0 Å². The molecule has 0 aliphatic carbocycles. The first-order chi connectivity index (χ1) is 15.5. The smallest absolute Gasteiger partial charge is 0.312 e. The lowest BCUT2D eigenvalue weighted by Crippen LogP contribution is -2.33. The Hall–Kier alpha value is -3.93. The molecule has 160 valence electrons. The summed E-state index contributed by atoms with van der Waals surface area (Å²) < 4.78 is 7.21. The summed E-state index contributed by atoms with van der Waals surface area (Å²) in [5, 5.41) is 10.5. The van der Waals surface area contributed by atoms with E-state index in [4.69, 9.17) is 4.74 Å². The zero-order valence-corrected chi connectivity index (χ0v) is 17.6. The van der Waals surface area contributed by atoms with Crippen molar-refractivity contribution in [1.29, 1.82) is 0 Å². The average molecular weight is 426 g/mol. The molecule has 2 aromatic carbocycles. The van der Waals surface area contributed by atoms with Gasteiger partial charge in [-0.3, -0.25) is 14.6 Å². The minimum absolute atomic E-state index is 0.120. The Morgan fingerprint density at radius 1 is 1.09 bits per heavy atom. The number of hydrogen-bond donors (Lipinski definition) is 1. The Morgan fingerprint density at radius 2 is 1.91 bits per heavy atom. The molecule has 0 spiro atoms. The lowest BCUT2D eigenvalue weighted by atomic mass is 9.86. The van der Waals surface area contributed by atoms with Crippen LogP contribution in [0.15, 0.2) is 71.7 Å². The molecule has 32 heavy (non-hydrogen) atoms. The van der Waals surface area contributed by atoms with Crippen molar-refractivity contribution in [3.63, 3.8) is 0 Å². The topological polar surface area (TPSA) is 81.4 Å². The van der Waals surface area contributed by atoms with Crippen molar-refractivity contribution in [1.82, 2.24) is 9.55 Å². The number of rotatable bonds is 4. The molecular formula is C26H22N2O4. The van der Waals surface area contributed by atoms with Crippen molar-refractivity contribution in [2.75, 3.05) is 0 Å². The first kappa shape index (κ1) is 20.0. The number of carbonyl (C=O) groups is 1. The first-order valence-corrected chi connectivity index (χ1v) is 10.6. The van der Waals surface area contributed by atoms with Crippen LogP contribution in [0, 0.1) is 6.92 Å². The van der Waals surface area contributed by atoms with E-state index in [2.05, 4.69) is 4.98 Å². The van der Waals surface area contributed by atoms with Crippen molar-refractivity contribution >= 4 is 16.9 Å². The molecule has 1 atom stereocenters. The SMILES string of the molecule is Cc1cc2c(c(=O)n1CCc1ccc(O)cc1)[C@H](c1ccc3ncccc3c1)CC(=O)O2. The second-order valence-corrected chi connectivity index (χ2v) is 8.12. The van der Waals surface area contributed by atoms with E-state index in [1.165, 1.54) is 0 Å². The number of aromatic nitrogens is 2. The van der Waals surface area contributed by atoms with Crippen LogP contribution in [0.2, 0.25) is 0 Å². The van der Waals surface area contributed by atoms with Gasteiger partial charge in [-0.15, -0.1) is 0 Å². The summed E-state index contributed by atoms with van der Waals surface area (Å²) in [6.45, 7) is 2.34. The van der Waals surface area contributed by atoms with E-state index in [0.29, 0.717) is 24.3 Å². The third kappa shape index (κ3) is 3.64. The van der Waals surface area contributed by atoms with Crippen molar-refractivity contribution in [3.8, 4) is 11.5 Å². The highest BCUT2D eigenvalue weighted by atomic mass is 16.5. The molecule has 4 aromatic rings. The second kappa shape index (κ2) is 7.96. The number of carbonyl (C=O) groups excluding carboxylic acids is 1. The van der Waals surface area contributed by atoms with Crippen LogP contribution in [-0.2, 0) is 17.8 Å². The van der Waals surface area contributed by atoms with Crippen molar-refractivity contribution < 1.29 is 14.6 Å². The zero-order valence-electron chi connectivity index (χ0n) is 17.6. The van der Waals surface area contributed by atoms with Gasteiger partial charge < -0.3 is 14.4 Å². The second-order valence-electron chi connectivity index (χ2n) is 8.12. The lowest BCUT2D eigenvalue weighted by Gasteiger charge is -2.26. The molecule has 1 aliphatic heterocycles. The molecule has 0 amide bonds. The molecule has 0 unspecified atom stereocenters. The highest BCUT2D eigenvalue weighted by Crippen LogP contribution is 2.37. The van der Waals surface area contributed by atoms with E-state index in [1.54, 1.807) is 29.0 Å². The summed E-state index contributed by atoms with van der Waals surface area (Å²) in [7, 11) is 0. The summed E-state index contributed by atoms with van der Waals surface area (Å²) in [5.74, 6) is -0.148. The maximum Gasteiger partial charge on any atom is 0.312 e. The van der Waals surface area contributed by atoms with E-state index in [0.717, 1.165) is 27.7 Å². The van der Waals surface area contributed by atoms with E-state index in [-0.39, 0.29) is 29.6 Å². The summed E-state index contributed by atoms with van der Waals surface area (Å²) in [6, 6.07) is 18.4. The van der Waals surface area contributed by atoms with Gasteiger partial charge in [0.2, 0.25) is 0 Å². The Bertz CT molecular complexity index is 1390. The monoisotopic (exact) mass is 426 g/mol. The molecule has 0 saturated carbocycles. The molecule has 1 N–H and O–H groups in total. The summed E-state index contributed by atoms with van der Waals surface area (Å²) >= 11 is 0. The molecule has 0 fully saturated rings. The van der Waals surface area contributed by atoms with Crippen molar-refractivity contribution in [3.05, 3.63) is 99.6 Å². The van der Waals surface area contributed by atoms with E-state index in [1.807, 2.05) is 49.4 Å². The van der Waals surface area contributed by atoms with Crippen molar-refractivity contribution in [2.45, 2.75) is 32.2 Å². The Morgan fingerprint density at radius 3 is 2.72 bits per heavy atom. The van der Waals surface area contributed by atoms with Gasteiger partial charge in [0.15, 0.2) is 0 Å². The van der Waals surface area contributed by atoms with E-state index >= 15 is 0 Å². The Balaban J connectivity index is 1.56. The molecule has 0 bridgehead atoms. The van der Waals surface area contributed by atoms with E-state index < -0.39 is 0 Å². The highest BCUT2D eigenvalue weighted by molar-refractivity contribution is 5.81. The van der Waals surface area contributed by atoms with Crippen LogP contribution in [0.25, 0.3) is 10.9 Å². The number of phenols is 1. The molecule has 2 aromatic heterocycles. The minimum atomic E-state index is -0.371. The van der Waals surface area contributed by atoms with Gasteiger partial charge in [0.1, 0.15) is 11.5 Å². The Kier molecular flexibility index (Phi) is 4.98. The third-order valence-electron chi connectivity index (χ3n) is 6.04. The maximum atomic E-state index is 13.6. The molecule has 0 saturated heterocycles. The molecule has 1 aliphatic rings. The highest BCUT2D eigenvalue weighted by Gasteiger charge is 2.32. The number of pyridine rings is 2. The van der Waals surface area contributed by atoms with Gasteiger partial charge in [-0.05, 0) is 54.8 Å². The predicted octanol–water partition coefficient (Wildman–Crippen LogP) is 4.09. The first-order valence-electron chi connectivity index (χ1n) is 10.6. The summed E-state index contributed by atoms with van der Waals surface area (Å²) in [5.41, 5.74) is 3.91. The third-order valence-corrected chi connectivity index (χ3v) is 6.04. The number of nitrogens with zero attached hydrogens (tertiary/aromatic N) is 2. The maximum absolute atomic E-state index is 13.6. The molecule has 6 nitrogen and oxygen atoms in total. The standard InChI is InChI=1S/C26H22N2O4/c1-16-13-23-25(26(31)28(16)12-10-17-4-7-20(29)8-5-17)21(15-24(30)32-23)18-6-9-22-19(14-18)3-2-11-27-22/h2-9,11,13-14,21,29H,10,12,15H2,1H3/t21-/m0/s1. The lowest BCUT2D eigenvalue weighted by molar-refractivity contribution is -0.135. The average Bonchev–Trinajstić information content (AvgIpc) is 2.79. The number of aromatic hydroxyl groups is 1. The number of fused-ring (bicyclic) bond motifs is 2. The number of benzene rings is 2. The van der Waals surface area contributed by atoms with Crippen LogP contribution in [0.4, 0.5) is 0 Å². The number of phenolic OH excluding ortho intramolecular Hbond substituents is 1. The number of hydrogen-bond acceptors (Lipinski definition) is 5. The largest absolute Gasteiger partial charge is 0.508 e. The van der Waals surface area contributed by atoms with Gasteiger partial charge in [-0.2, -0.15) is 0 Å². The Labute approximate surface area is 184 Å². The van der Waals surface area contributed by atoms with Crippen LogP contribution in [0.1, 0.15) is 34.7 Å².